The summed E-state index contributed by atoms with van der Waals surface area (Å²) >= 11 is 0. The van der Waals surface area contributed by atoms with Crippen LogP contribution >= 0.6 is 0 Å². The van der Waals surface area contributed by atoms with Gasteiger partial charge in [-0.15, -0.1) is 0 Å². The predicted molar refractivity (Wildman–Crippen MR) is 66.6 cm³/mol. The molecule has 0 saturated carbocycles. The monoisotopic (exact) mass is 198 g/mol. The van der Waals surface area contributed by atoms with E-state index in [9.17, 15) is 0 Å². The topological polar surface area (TPSA) is 0 Å². The number of unbranched alkanes of at least 4 members (excludes halogenated alkanes) is 1. The summed E-state index contributed by atoms with van der Waals surface area (Å²) in [7, 11) is 0. The Labute approximate surface area is 91.5 Å². The Morgan fingerprint density at radius 3 is 1.71 bits per heavy atom. The van der Waals surface area contributed by atoms with Crippen molar-refractivity contribution < 1.29 is 0 Å². The van der Waals surface area contributed by atoms with Crippen molar-refractivity contribution >= 4 is 0 Å². The molecule has 0 bridgehead atoms. The maximum atomic E-state index is 2.50. The molecule has 0 heteroatoms. The summed E-state index contributed by atoms with van der Waals surface area (Å²) in [5.41, 5.74) is 1.05. The molecule has 0 aliphatic heterocycles. The normalized spacial score (nSPS) is 16.7. The Hall–Kier alpha value is 0. The highest BCUT2D eigenvalue weighted by molar-refractivity contribution is 4.88. The second kappa shape index (κ2) is 5.78. The van der Waals surface area contributed by atoms with Crippen LogP contribution in [-0.4, -0.2) is 0 Å². The van der Waals surface area contributed by atoms with E-state index in [4.69, 9.17) is 0 Å². The highest BCUT2D eigenvalue weighted by Gasteiger charge is 2.37. The van der Waals surface area contributed by atoms with E-state index in [1.807, 2.05) is 0 Å². The van der Waals surface area contributed by atoms with E-state index < -0.39 is 0 Å². The summed E-state index contributed by atoms with van der Waals surface area (Å²) in [5.74, 6) is 0. The van der Waals surface area contributed by atoms with Gasteiger partial charge in [0.2, 0.25) is 0 Å². The molecule has 0 aliphatic rings. The Morgan fingerprint density at radius 1 is 0.786 bits per heavy atom. The quantitative estimate of drug-likeness (QED) is 0.512. The van der Waals surface area contributed by atoms with E-state index in [1.54, 1.807) is 0 Å². The molecular formula is C14H30. The van der Waals surface area contributed by atoms with Gasteiger partial charge in [-0.2, -0.15) is 0 Å². The molecule has 1 unspecified atom stereocenters. The molecule has 0 nitrogen and oxygen atoms in total. The second-order valence-corrected chi connectivity index (χ2v) is 5.65. The first-order chi connectivity index (χ1) is 6.43. The summed E-state index contributed by atoms with van der Waals surface area (Å²) in [6.07, 6.45) is 8.13. The molecule has 0 spiro atoms. The molecule has 86 valence electrons. The van der Waals surface area contributed by atoms with Gasteiger partial charge in [0.15, 0.2) is 0 Å². The van der Waals surface area contributed by atoms with Crippen LogP contribution in [0.3, 0.4) is 0 Å². The Kier molecular flexibility index (Phi) is 5.78. The van der Waals surface area contributed by atoms with E-state index in [0.717, 1.165) is 0 Å². The SMILES string of the molecule is CCCCC(C)(CCC)C(C)(C)CC. The van der Waals surface area contributed by atoms with E-state index in [-0.39, 0.29) is 0 Å². The van der Waals surface area contributed by atoms with Crippen LogP contribution in [0.5, 0.6) is 0 Å². The fraction of sp³-hybridized carbons (Fsp3) is 1.00. The maximum absolute atomic E-state index is 2.50. The number of hydrogen-bond donors (Lipinski definition) is 0. The van der Waals surface area contributed by atoms with Crippen LogP contribution < -0.4 is 0 Å². The molecule has 0 aromatic carbocycles. The average Bonchev–Trinajstić information content (AvgIpc) is 2.15. The highest BCUT2D eigenvalue weighted by atomic mass is 14.4. The van der Waals surface area contributed by atoms with Gasteiger partial charge in [0.05, 0.1) is 0 Å². The Bertz CT molecular complexity index is 146. The van der Waals surface area contributed by atoms with Crippen LogP contribution in [0.15, 0.2) is 0 Å². The molecule has 0 radical (unpaired) electrons. The van der Waals surface area contributed by atoms with Crippen molar-refractivity contribution in [1.29, 1.82) is 0 Å². The fourth-order valence-electron chi connectivity index (χ4n) is 2.35. The van der Waals surface area contributed by atoms with Gasteiger partial charge in [-0.25, -0.2) is 0 Å². The van der Waals surface area contributed by atoms with Crippen LogP contribution in [-0.2, 0) is 0 Å². The summed E-state index contributed by atoms with van der Waals surface area (Å²) in [5, 5.41) is 0. The third-order valence-electron chi connectivity index (χ3n) is 4.40. The smallest absolute Gasteiger partial charge is 0.0275 e. The van der Waals surface area contributed by atoms with Gasteiger partial charge in [-0.3, -0.25) is 0 Å². The van der Waals surface area contributed by atoms with Gasteiger partial charge >= 0.3 is 0 Å². The lowest BCUT2D eigenvalue weighted by Gasteiger charge is -2.44. The van der Waals surface area contributed by atoms with Gasteiger partial charge in [-0.1, -0.05) is 67.2 Å². The standard InChI is InChI=1S/C14H30/c1-7-10-12-14(6,11-8-2)13(4,5)9-3/h7-12H2,1-6H3. The molecule has 14 heavy (non-hydrogen) atoms. The molecule has 1 atom stereocenters. The van der Waals surface area contributed by atoms with Crippen molar-refractivity contribution in [3.63, 3.8) is 0 Å². The molecule has 0 saturated heterocycles. The number of rotatable bonds is 7. The molecule has 0 aromatic heterocycles. The van der Waals surface area contributed by atoms with Gasteiger partial charge in [0.1, 0.15) is 0 Å². The number of hydrogen-bond acceptors (Lipinski definition) is 0. The van der Waals surface area contributed by atoms with Crippen LogP contribution in [0.2, 0.25) is 0 Å². The van der Waals surface area contributed by atoms with Gasteiger partial charge in [0.25, 0.3) is 0 Å². The zero-order chi connectivity index (χ0) is 11.2. The molecule has 0 heterocycles. The first kappa shape index (κ1) is 14.0. The predicted octanol–water partition coefficient (Wildman–Crippen LogP) is 5.42. The average molecular weight is 198 g/mol. The summed E-state index contributed by atoms with van der Waals surface area (Å²) < 4.78 is 0. The minimum atomic E-state index is 0.498. The van der Waals surface area contributed by atoms with Crippen molar-refractivity contribution in [1.82, 2.24) is 0 Å². The summed E-state index contributed by atoms with van der Waals surface area (Å²) in [4.78, 5) is 0. The van der Waals surface area contributed by atoms with Crippen molar-refractivity contribution in [2.75, 3.05) is 0 Å². The van der Waals surface area contributed by atoms with Crippen molar-refractivity contribution in [3.05, 3.63) is 0 Å². The second-order valence-electron chi connectivity index (χ2n) is 5.65. The van der Waals surface area contributed by atoms with Crippen LogP contribution in [0.1, 0.15) is 80.1 Å². The molecule has 0 fully saturated rings. The first-order valence-corrected chi connectivity index (χ1v) is 6.43. The zero-order valence-electron chi connectivity index (χ0n) is 11.2. The highest BCUT2D eigenvalue weighted by Crippen LogP contribution is 2.48. The summed E-state index contributed by atoms with van der Waals surface area (Å²) in [6.45, 7) is 14.3. The molecule has 0 aliphatic carbocycles. The first-order valence-electron chi connectivity index (χ1n) is 6.43. The van der Waals surface area contributed by atoms with Crippen molar-refractivity contribution in [2.24, 2.45) is 10.8 Å². The zero-order valence-corrected chi connectivity index (χ0v) is 11.2. The van der Waals surface area contributed by atoms with E-state index in [1.165, 1.54) is 38.5 Å². The Morgan fingerprint density at radius 2 is 1.36 bits per heavy atom. The fourth-order valence-corrected chi connectivity index (χ4v) is 2.35. The minimum Gasteiger partial charge on any atom is -0.0654 e. The third-order valence-corrected chi connectivity index (χ3v) is 4.40. The molecule has 0 N–H and O–H groups in total. The maximum Gasteiger partial charge on any atom is -0.0275 e. The molecule has 0 amide bonds. The van der Waals surface area contributed by atoms with Crippen LogP contribution in [0, 0.1) is 10.8 Å². The lowest BCUT2D eigenvalue weighted by atomic mass is 9.61. The van der Waals surface area contributed by atoms with Crippen LogP contribution in [0.25, 0.3) is 0 Å². The van der Waals surface area contributed by atoms with E-state index in [2.05, 4.69) is 41.5 Å². The lowest BCUT2D eigenvalue weighted by Crippen LogP contribution is -2.34. The minimum absolute atomic E-state index is 0.498. The molecule has 0 aromatic rings. The third kappa shape index (κ3) is 3.29. The molecular weight excluding hydrogens is 168 g/mol. The largest absolute Gasteiger partial charge is 0.0654 e. The van der Waals surface area contributed by atoms with Crippen molar-refractivity contribution in [2.45, 2.75) is 80.1 Å². The lowest BCUT2D eigenvalue weighted by molar-refractivity contribution is 0.0590. The van der Waals surface area contributed by atoms with E-state index >= 15 is 0 Å². The van der Waals surface area contributed by atoms with Gasteiger partial charge < -0.3 is 0 Å². The Balaban J connectivity index is 4.52. The van der Waals surface area contributed by atoms with Crippen molar-refractivity contribution in [3.8, 4) is 0 Å². The van der Waals surface area contributed by atoms with Crippen LogP contribution in [0.4, 0.5) is 0 Å². The van der Waals surface area contributed by atoms with Gasteiger partial charge in [-0.05, 0) is 23.7 Å². The molecule has 0 rings (SSSR count). The van der Waals surface area contributed by atoms with Gasteiger partial charge in [0, 0.05) is 0 Å². The van der Waals surface area contributed by atoms with E-state index in [0.29, 0.717) is 10.8 Å². The summed E-state index contributed by atoms with van der Waals surface area (Å²) in [6, 6.07) is 0.